The first-order chi connectivity index (χ1) is 14.6. The molecule has 7 nitrogen and oxygen atoms in total. The highest BCUT2D eigenvalue weighted by molar-refractivity contribution is 7.88. The molecule has 0 aliphatic carbocycles. The lowest BCUT2D eigenvalue weighted by Gasteiger charge is -2.25. The Kier molecular flexibility index (Phi) is 5.42. The van der Waals surface area contributed by atoms with E-state index >= 15 is 0 Å². The third-order valence-electron chi connectivity index (χ3n) is 5.37. The van der Waals surface area contributed by atoms with Gasteiger partial charge in [-0.2, -0.15) is 0 Å². The van der Waals surface area contributed by atoms with Gasteiger partial charge in [-0.3, -0.25) is 4.98 Å². The van der Waals surface area contributed by atoms with Gasteiger partial charge < -0.3 is 9.74 Å². The molecule has 2 aliphatic rings. The first-order valence-electron chi connectivity index (χ1n) is 9.63. The Balaban J connectivity index is 1.61. The maximum Gasteiger partial charge on any atom is 0.209 e. The highest BCUT2D eigenvalue weighted by atomic mass is 32.2. The van der Waals surface area contributed by atoms with Gasteiger partial charge in [0.1, 0.15) is 23.3 Å². The molecule has 1 N–H and O–H groups in total. The minimum Gasteiger partial charge on any atom is -0.381 e. The van der Waals surface area contributed by atoms with Gasteiger partial charge in [0.2, 0.25) is 10.0 Å². The summed E-state index contributed by atoms with van der Waals surface area (Å²) in [4.78, 5) is 11.6. The average molecular weight is 454 g/mol. The van der Waals surface area contributed by atoms with Crippen molar-refractivity contribution >= 4 is 15.9 Å². The third-order valence-corrected chi connectivity index (χ3v) is 6.13. The zero-order valence-electron chi connectivity index (χ0n) is 16.9. The minimum absolute atomic E-state index is 0.0485. The summed E-state index contributed by atoms with van der Waals surface area (Å²) in [6, 6.07) is 4.18. The number of halogens is 3. The van der Waals surface area contributed by atoms with E-state index in [1.165, 1.54) is 6.07 Å². The van der Waals surface area contributed by atoms with Crippen molar-refractivity contribution in [2.45, 2.75) is 31.4 Å². The molecule has 1 unspecified atom stereocenters. The van der Waals surface area contributed by atoms with E-state index in [0.29, 0.717) is 25.3 Å². The molecule has 2 aliphatic heterocycles. The van der Waals surface area contributed by atoms with Crippen LogP contribution in [0.15, 0.2) is 35.6 Å². The molecule has 11 heteroatoms. The number of oxime groups is 1. The molecule has 1 saturated heterocycles. The van der Waals surface area contributed by atoms with Crippen LogP contribution >= 0.6 is 0 Å². The lowest BCUT2D eigenvalue weighted by atomic mass is 9.90. The van der Waals surface area contributed by atoms with Gasteiger partial charge in [0.25, 0.3) is 0 Å². The normalized spacial score (nSPS) is 23.7. The molecular weight excluding hydrogens is 433 g/mol. The van der Waals surface area contributed by atoms with E-state index in [1.807, 2.05) is 4.90 Å². The molecule has 3 heterocycles. The number of amidine groups is 1. The maximum atomic E-state index is 14.4. The lowest BCUT2D eigenvalue weighted by molar-refractivity contribution is -0.0104. The van der Waals surface area contributed by atoms with Gasteiger partial charge in [-0.25, -0.2) is 26.3 Å². The summed E-state index contributed by atoms with van der Waals surface area (Å²) in [5.41, 5.74) is -1.47. The van der Waals surface area contributed by atoms with E-state index in [1.54, 1.807) is 6.92 Å². The Labute approximate surface area is 178 Å². The predicted molar refractivity (Wildman–Crippen MR) is 108 cm³/mol. The van der Waals surface area contributed by atoms with Gasteiger partial charge in [-0.1, -0.05) is 11.2 Å². The van der Waals surface area contributed by atoms with Crippen LogP contribution in [0.2, 0.25) is 0 Å². The smallest absolute Gasteiger partial charge is 0.209 e. The Bertz CT molecular complexity index is 1140. The topological polar surface area (TPSA) is 83.9 Å². The first kappa shape index (κ1) is 21.6. The summed E-state index contributed by atoms with van der Waals surface area (Å²) in [6.45, 7) is 2.64. The van der Waals surface area contributed by atoms with Crippen molar-refractivity contribution in [1.29, 1.82) is 0 Å². The van der Waals surface area contributed by atoms with Crippen molar-refractivity contribution < 1.29 is 26.4 Å². The quantitative estimate of drug-likeness (QED) is 0.768. The fourth-order valence-corrected chi connectivity index (χ4v) is 4.81. The van der Waals surface area contributed by atoms with E-state index in [0.717, 1.165) is 30.7 Å². The number of rotatable bonds is 4. The second-order valence-electron chi connectivity index (χ2n) is 7.97. The highest BCUT2D eigenvalue weighted by Gasteiger charge is 2.43. The molecule has 0 bridgehead atoms. The highest BCUT2D eigenvalue weighted by Crippen LogP contribution is 2.41. The molecule has 1 fully saturated rings. The molecule has 2 aromatic rings. The Morgan fingerprint density at radius 3 is 2.65 bits per heavy atom. The number of sulfonamides is 1. The van der Waals surface area contributed by atoms with Crippen molar-refractivity contribution in [2.24, 2.45) is 5.16 Å². The molecule has 1 aromatic heterocycles. The first-order valence-corrected chi connectivity index (χ1v) is 11.5. The number of nitrogens with one attached hydrogen (secondary N) is 1. The zero-order valence-corrected chi connectivity index (χ0v) is 17.7. The van der Waals surface area contributed by atoms with E-state index in [4.69, 9.17) is 4.84 Å². The lowest BCUT2D eigenvalue weighted by Crippen LogP contribution is -2.38. The summed E-state index contributed by atoms with van der Waals surface area (Å²) in [6.07, 6.45) is 2.89. The number of hydrogen-bond donors (Lipinski definition) is 1. The standard InChI is InChI=1S/C20H21F3N4O3S/c1-20(9-17(25-30-20)27-7-6-13(11-27)26-31(2,28)29)19-14(8-12(21)10-24-19)18-15(22)4-3-5-16(18)23/h3-5,8,10,13,26H,6-7,9,11H2,1-2H3/t13-,20?/m0/s1. The molecule has 31 heavy (non-hydrogen) atoms. The van der Waals surface area contributed by atoms with E-state index < -0.39 is 33.1 Å². The number of hydrogen-bond acceptors (Lipinski definition) is 6. The fourth-order valence-electron chi connectivity index (χ4n) is 4.02. The second-order valence-corrected chi connectivity index (χ2v) is 9.75. The molecule has 0 spiro atoms. The predicted octanol–water partition coefficient (Wildman–Crippen LogP) is 2.74. The molecule has 2 atom stereocenters. The monoisotopic (exact) mass is 454 g/mol. The summed E-state index contributed by atoms with van der Waals surface area (Å²) >= 11 is 0. The largest absolute Gasteiger partial charge is 0.381 e. The van der Waals surface area contributed by atoms with Gasteiger partial charge in [-0.15, -0.1) is 0 Å². The number of benzene rings is 1. The van der Waals surface area contributed by atoms with Gasteiger partial charge in [0, 0.05) is 24.7 Å². The fraction of sp³-hybridized carbons (Fsp3) is 0.400. The van der Waals surface area contributed by atoms with Crippen LogP contribution in [-0.4, -0.2) is 49.5 Å². The second kappa shape index (κ2) is 7.79. The zero-order chi connectivity index (χ0) is 22.4. The van der Waals surface area contributed by atoms with Crippen LogP contribution in [-0.2, 0) is 20.5 Å². The average Bonchev–Trinajstić information content (AvgIpc) is 3.27. The van der Waals surface area contributed by atoms with Gasteiger partial charge in [-0.05, 0) is 31.5 Å². The van der Waals surface area contributed by atoms with Gasteiger partial charge in [0.05, 0.1) is 30.1 Å². The van der Waals surface area contributed by atoms with Crippen LogP contribution in [0.1, 0.15) is 25.5 Å². The van der Waals surface area contributed by atoms with Crippen molar-refractivity contribution in [2.75, 3.05) is 19.3 Å². The number of likely N-dealkylation sites (tertiary alicyclic amines) is 1. The van der Waals surface area contributed by atoms with Crippen LogP contribution in [0.3, 0.4) is 0 Å². The van der Waals surface area contributed by atoms with Crippen LogP contribution in [0.4, 0.5) is 13.2 Å². The van der Waals surface area contributed by atoms with E-state index in [2.05, 4.69) is 14.9 Å². The van der Waals surface area contributed by atoms with E-state index in [-0.39, 0.29) is 29.3 Å². The molecular formula is C20H21F3N4O3S. The number of nitrogens with zero attached hydrogens (tertiary/aromatic N) is 3. The van der Waals surface area contributed by atoms with Crippen LogP contribution in [0.25, 0.3) is 11.1 Å². The SMILES string of the molecule is CC1(c2ncc(F)cc2-c2c(F)cccc2F)CC(N2CC[C@H](NS(C)(=O)=O)C2)=NO1. The van der Waals surface area contributed by atoms with Gasteiger partial charge in [0.15, 0.2) is 5.60 Å². The number of pyridine rings is 1. The molecule has 1 aromatic carbocycles. The molecule has 0 saturated carbocycles. The van der Waals surface area contributed by atoms with Crippen molar-refractivity contribution in [3.05, 3.63) is 53.6 Å². The summed E-state index contributed by atoms with van der Waals surface area (Å²) < 4.78 is 68.4. The third kappa shape index (κ3) is 4.38. The van der Waals surface area contributed by atoms with Gasteiger partial charge >= 0.3 is 0 Å². The Morgan fingerprint density at radius 2 is 1.97 bits per heavy atom. The molecule has 4 rings (SSSR count). The van der Waals surface area contributed by atoms with Crippen molar-refractivity contribution in [3.63, 3.8) is 0 Å². The van der Waals surface area contributed by atoms with E-state index in [9.17, 15) is 21.6 Å². The molecule has 166 valence electrons. The minimum atomic E-state index is -3.33. The van der Waals surface area contributed by atoms with Crippen molar-refractivity contribution in [3.8, 4) is 11.1 Å². The van der Waals surface area contributed by atoms with Crippen LogP contribution < -0.4 is 4.72 Å². The molecule has 0 amide bonds. The Hall–Kier alpha value is -2.66. The maximum absolute atomic E-state index is 14.4. The summed E-state index contributed by atoms with van der Waals surface area (Å²) in [7, 11) is -3.33. The summed E-state index contributed by atoms with van der Waals surface area (Å²) in [5, 5.41) is 4.12. The Morgan fingerprint density at radius 1 is 1.26 bits per heavy atom. The molecule has 0 radical (unpaired) electrons. The summed E-state index contributed by atoms with van der Waals surface area (Å²) in [5.74, 6) is -1.86. The van der Waals surface area contributed by atoms with Crippen LogP contribution in [0, 0.1) is 17.5 Å². The van der Waals surface area contributed by atoms with Crippen LogP contribution in [0.5, 0.6) is 0 Å². The van der Waals surface area contributed by atoms with Crippen molar-refractivity contribution in [1.82, 2.24) is 14.6 Å². The number of aromatic nitrogens is 1.